The van der Waals surface area contributed by atoms with E-state index in [4.69, 9.17) is 9.72 Å². The van der Waals surface area contributed by atoms with E-state index in [0.29, 0.717) is 24.6 Å². The Morgan fingerprint density at radius 2 is 1.74 bits per heavy atom. The van der Waals surface area contributed by atoms with Crippen LogP contribution in [0.2, 0.25) is 0 Å². The number of nitrogens with zero attached hydrogens (tertiary/aromatic N) is 2. The molecule has 1 atom stereocenters. The van der Waals surface area contributed by atoms with Crippen molar-refractivity contribution in [3.05, 3.63) is 75.1 Å². The molecule has 5 nitrogen and oxygen atoms in total. The maximum absolute atomic E-state index is 13.0. The molecular formula is C32H36N2O3S. The lowest BCUT2D eigenvalue weighted by atomic mass is 9.63. The first-order valence-corrected chi connectivity index (χ1v) is 14.7. The summed E-state index contributed by atoms with van der Waals surface area (Å²) in [7, 11) is 0. The number of aromatic nitrogens is 1. The Morgan fingerprint density at radius 3 is 2.50 bits per heavy atom. The maximum atomic E-state index is 13.0. The molecule has 3 aliphatic rings. The molecule has 1 unspecified atom stereocenters. The summed E-state index contributed by atoms with van der Waals surface area (Å²) < 4.78 is 5.49. The fourth-order valence-corrected chi connectivity index (χ4v) is 7.39. The molecule has 0 bridgehead atoms. The molecule has 0 spiro atoms. The quantitative estimate of drug-likeness (QED) is 0.337. The van der Waals surface area contributed by atoms with Crippen LogP contribution in [-0.2, 0) is 20.4 Å². The van der Waals surface area contributed by atoms with Crippen LogP contribution in [-0.4, -0.2) is 34.8 Å². The highest BCUT2D eigenvalue weighted by Crippen LogP contribution is 2.47. The number of carbonyl (C=O) groups excluding carboxylic acids is 2. The molecule has 1 aliphatic carbocycles. The van der Waals surface area contributed by atoms with E-state index in [-0.39, 0.29) is 29.1 Å². The predicted molar refractivity (Wildman–Crippen MR) is 151 cm³/mol. The number of hydrogen-bond donors (Lipinski definition) is 0. The second-order valence-electron chi connectivity index (χ2n) is 12.4. The molecule has 3 aromatic rings. The number of esters is 1. The zero-order valence-electron chi connectivity index (χ0n) is 22.8. The van der Waals surface area contributed by atoms with Gasteiger partial charge in [-0.25, -0.2) is 9.78 Å². The number of fused-ring (bicyclic) bond motifs is 2. The van der Waals surface area contributed by atoms with E-state index < -0.39 is 6.10 Å². The first-order valence-electron chi connectivity index (χ1n) is 13.8. The van der Waals surface area contributed by atoms with Crippen molar-refractivity contribution in [2.45, 2.75) is 82.7 Å². The zero-order chi connectivity index (χ0) is 26.7. The molecule has 2 aromatic carbocycles. The van der Waals surface area contributed by atoms with Gasteiger partial charge in [-0.05, 0) is 59.8 Å². The molecule has 1 aromatic heterocycles. The number of benzene rings is 2. The molecule has 1 amide bonds. The minimum absolute atomic E-state index is 0.0531. The fraction of sp³-hybridized carbons (Fsp3) is 0.469. The van der Waals surface area contributed by atoms with Gasteiger partial charge in [-0.3, -0.25) is 4.79 Å². The number of rotatable bonds is 4. The average Bonchev–Trinajstić information content (AvgIpc) is 3.52. The first-order chi connectivity index (χ1) is 18.1. The molecule has 198 valence electrons. The molecule has 1 fully saturated rings. The van der Waals surface area contributed by atoms with Crippen LogP contribution >= 0.6 is 11.3 Å². The third kappa shape index (κ3) is 4.47. The minimum atomic E-state index is -0.474. The lowest BCUT2D eigenvalue weighted by Crippen LogP contribution is -2.38. The number of likely N-dealkylation sites (tertiary alicyclic amines) is 1. The Labute approximate surface area is 229 Å². The lowest BCUT2D eigenvalue weighted by molar-refractivity contribution is -0.134. The van der Waals surface area contributed by atoms with E-state index >= 15 is 0 Å². The highest BCUT2D eigenvalue weighted by molar-refractivity contribution is 7.10. The summed E-state index contributed by atoms with van der Waals surface area (Å²) in [5.41, 5.74) is 7.00. The number of ether oxygens (including phenoxy) is 1. The third-order valence-electron chi connectivity index (χ3n) is 9.00. The second-order valence-corrected chi connectivity index (χ2v) is 13.3. The second kappa shape index (κ2) is 9.33. The molecule has 38 heavy (non-hydrogen) atoms. The summed E-state index contributed by atoms with van der Waals surface area (Å²) in [4.78, 5) is 32.2. The van der Waals surface area contributed by atoms with Gasteiger partial charge < -0.3 is 9.64 Å². The zero-order valence-corrected chi connectivity index (χ0v) is 23.6. The van der Waals surface area contributed by atoms with Crippen LogP contribution in [0.5, 0.6) is 0 Å². The van der Waals surface area contributed by atoms with Crippen LogP contribution in [0.3, 0.4) is 0 Å². The van der Waals surface area contributed by atoms with E-state index in [2.05, 4.69) is 51.3 Å². The normalized spacial score (nSPS) is 22.1. The van der Waals surface area contributed by atoms with Crippen molar-refractivity contribution < 1.29 is 14.3 Å². The highest BCUT2D eigenvalue weighted by atomic mass is 32.1. The fourth-order valence-electron chi connectivity index (χ4n) is 6.39. The van der Waals surface area contributed by atoms with Crippen molar-refractivity contribution in [1.29, 1.82) is 0 Å². The number of carbonyl (C=O) groups is 2. The van der Waals surface area contributed by atoms with Gasteiger partial charge in [-0.1, -0.05) is 58.0 Å². The van der Waals surface area contributed by atoms with E-state index in [1.807, 2.05) is 23.1 Å². The van der Waals surface area contributed by atoms with Crippen molar-refractivity contribution in [1.82, 2.24) is 9.88 Å². The Kier molecular flexibility index (Phi) is 6.21. The lowest BCUT2D eigenvalue weighted by Gasteiger charge is -2.42. The molecule has 1 saturated heterocycles. The summed E-state index contributed by atoms with van der Waals surface area (Å²) in [6, 6.07) is 14.3. The molecule has 0 N–H and O–H groups in total. The van der Waals surface area contributed by atoms with Crippen LogP contribution in [0.15, 0.2) is 47.8 Å². The molecule has 6 heteroatoms. The van der Waals surface area contributed by atoms with E-state index in [9.17, 15) is 9.59 Å². The first kappa shape index (κ1) is 25.3. The summed E-state index contributed by atoms with van der Waals surface area (Å²) >= 11 is 1.74. The monoisotopic (exact) mass is 528 g/mol. The number of amides is 1. The molecule has 3 heterocycles. The summed E-state index contributed by atoms with van der Waals surface area (Å²) in [6.07, 6.45) is 3.97. The van der Waals surface area contributed by atoms with Crippen molar-refractivity contribution in [3.8, 4) is 11.3 Å². The van der Waals surface area contributed by atoms with Gasteiger partial charge in [-0.15, -0.1) is 11.3 Å². The van der Waals surface area contributed by atoms with Gasteiger partial charge in [0.15, 0.2) is 0 Å². The van der Waals surface area contributed by atoms with E-state index in [1.54, 1.807) is 17.4 Å². The topological polar surface area (TPSA) is 59.5 Å². The number of cyclic esters (lactones) is 1. The van der Waals surface area contributed by atoms with Crippen LogP contribution in [0.25, 0.3) is 11.3 Å². The van der Waals surface area contributed by atoms with Gasteiger partial charge in [0, 0.05) is 35.5 Å². The Hall–Kier alpha value is -2.99. The van der Waals surface area contributed by atoms with Crippen molar-refractivity contribution >= 4 is 23.2 Å². The van der Waals surface area contributed by atoms with Crippen LogP contribution in [0, 0.1) is 0 Å². The molecule has 0 saturated carbocycles. The Bertz CT molecular complexity index is 1400. The van der Waals surface area contributed by atoms with Crippen molar-refractivity contribution in [2.75, 3.05) is 13.1 Å². The minimum Gasteiger partial charge on any atom is -0.453 e. The van der Waals surface area contributed by atoms with Gasteiger partial charge in [-0.2, -0.15) is 0 Å². The number of thiazole rings is 1. The Balaban J connectivity index is 1.11. The van der Waals surface area contributed by atoms with Gasteiger partial charge >= 0.3 is 5.97 Å². The van der Waals surface area contributed by atoms with Crippen LogP contribution in [0.1, 0.15) is 104 Å². The van der Waals surface area contributed by atoms with Crippen molar-refractivity contribution in [2.24, 2.45) is 0 Å². The Morgan fingerprint density at radius 1 is 1.03 bits per heavy atom. The van der Waals surface area contributed by atoms with Gasteiger partial charge in [0.2, 0.25) is 5.91 Å². The summed E-state index contributed by atoms with van der Waals surface area (Å²) in [6.45, 7) is 10.9. The molecule has 6 rings (SSSR count). The van der Waals surface area contributed by atoms with Crippen LogP contribution < -0.4 is 0 Å². The summed E-state index contributed by atoms with van der Waals surface area (Å²) in [5.74, 6) is 0.0936. The largest absolute Gasteiger partial charge is 0.453 e. The highest BCUT2D eigenvalue weighted by Gasteiger charge is 2.37. The van der Waals surface area contributed by atoms with Crippen LogP contribution in [0.4, 0.5) is 0 Å². The standard InChI is InChI=1S/C32H36N2O3S/c1-31(2)13-14-32(3,4)25-17-21(9-10-24(25)31)26-19-38-29(33-26)20-11-15-34(16-12-20)28(35)18-27-22-7-5-6-8-23(22)30(36)37-27/h5-10,17,19-20,27H,11-16,18H2,1-4H3. The maximum Gasteiger partial charge on any atom is 0.339 e. The number of piperidine rings is 1. The smallest absolute Gasteiger partial charge is 0.339 e. The van der Waals surface area contributed by atoms with E-state index in [0.717, 1.165) is 24.1 Å². The van der Waals surface area contributed by atoms with E-state index in [1.165, 1.54) is 34.5 Å². The van der Waals surface area contributed by atoms with Gasteiger partial charge in [0.1, 0.15) is 6.10 Å². The predicted octanol–water partition coefficient (Wildman–Crippen LogP) is 7.17. The average molecular weight is 529 g/mol. The SMILES string of the molecule is CC1(C)CCC(C)(C)c2cc(-c3csc(C4CCN(C(=O)CC5OC(=O)c6ccccc65)CC4)n3)ccc21. The number of hydrogen-bond acceptors (Lipinski definition) is 5. The van der Waals surface area contributed by atoms with Crippen molar-refractivity contribution in [3.63, 3.8) is 0 Å². The summed E-state index contributed by atoms with van der Waals surface area (Å²) in [5, 5.41) is 3.37. The van der Waals surface area contributed by atoms with Gasteiger partial charge in [0.25, 0.3) is 0 Å². The molecule has 2 aliphatic heterocycles. The molecular weight excluding hydrogens is 492 g/mol. The third-order valence-corrected chi connectivity index (χ3v) is 10.0. The van der Waals surface area contributed by atoms with Gasteiger partial charge in [0.05, 0.1) is 22.7 Å². The molecule has 0 radical (unpaired) electrons.